The van der Waals surface area contributed by atoms with E-state index >= 15 is 0 Å². The summed E-state index contributed by atoms with van der Waals surface area (Å²) < 4.78 is 5.89. The number of benzene rings is 2. The van der Waals surface area contributed by atoms with Gasteiger partial charge in [0.2, 0.25) is 11.8 Å². The third-order valence-corrected chi connectivity index (χ3v) is 7.51. The molecule has 2 amide bonds. The predicted molar refractivity (Wildman–Crippen MR) is 140 cm³/mol. The summed E-state index contributed by atoms with van der Waals surface area (Å²) in [6.07, 6.45) is 2.07. The molecule has 0 radical (unpaired) electrons. The van der Waals surface area contributed by atoms with Crippen LogP contribution < -0.4 is 10.1 Å². The van der Waals surface area contributed by atoms with Gasteiger partial charge in [-0.15, -0.1) is 0 Å². The van der Waals surface area contributed by atoms with Crippen LogP contribution in [0.2, 0.25) is 0 Å². The van der Waals surface area contributed by atoms with Gasteiger partial charge in [-0.25, -0.2) is 0 Å². The Balaban J connectivity index is 1.40. The third kappa shape index (κ3) is 5.57. The van der Waals surface area contributed by atoms with Gasteiger partial charge in [-0.2, -0.15) is 0 Å². The second-order valence-corrected chi connectivity index (χ2v) is 10.4. The summed E-state index contributed by atoms with van der Waals surface area (Å²) >= 11 is 0. The molecule has 194 valence electrons. The van der Waals surface area contributed by atoms with E-state index in [1.165, 1.54) is 5.56 Å². The molecule has 4 rings (SSSR count). The van der Waals surface area contributed by atoms with Crippen molar-refractivity contribution in [3.05, 3.63) is 60.2 Å². The average Bonchev–Trinajstić information content (AvgIpc) is 2.89. The second-order valence-electron chi connectivity index (χ2n) is 10.4. The van der Waals surface area contributed by atoms with Crippen molar-refractivity contribution < 1.29 is 19.4 Å². The first-order chi connectivity index (χ1) is 17.3. The first-order valence-electron chi connectivity index (χ1n) is 13.2. The fourth-order valence-corrected chi connectivity index (χ4v) is 5.22. The fraction of sp³-hybridized carbons (Fsp3) is 0.517. The number of piperidine rings is 1. The lowest BCUT2D eigenvalue weighted by atomic mass is 9.80. The van der Waals surface area contributed by atoms with E-state index in [-0.39, 0.29) is 17.7 Å². The van der Waals surface area contributed by atoms with Crippen LogP contribution in [0, 0.1) is 5.92 Å². The van der Waals surface area contributed by atoms with E-state index in [4.69, 9.17) is 4.74 Å². The molecule has 2 aromatic rings. The highest BCUT2D eigenvalue weighted by atomic mass is 16.5. The number of unbranched alkanes of at least 4 members (excludes halogenated alkanes) is 1. The number of likely N-dealkylation sites (tertiary alicyclic amines) is 1. The zero-order valence-electron chi connectivity index (χ0n) is 21.7. The minimum absolute atomic E-state index is 0.118. The van der Waals surface area contributed by atoms with E-state index < -0.39 is 17.7 Å². The lowest BCUT2D eigenvalue weighted by Gasteiger charge is -2.52. The first-order valence-corrected chi connectivity index (χ1v) is 13.2. The summed E-state index contributed by atoms with van der Waals surface area (Å²) in [6.45, 7) is 8.59. The molecular weight excluding hydrogens is 454 g/mol. The molecule has 2 heterocycles. The summed E-state index contributed by atoms with van der Waals surface area (Å²) in [4.78, 5) is 31.0. The topological polar surface area (TPSA) is 82.1 Å². The van der Waals surface area contributed by atoms with Crippen LogP contribution in [0.5, 0.6) is 11.5 Å². The third-order valence-electron chi connectivity index (χ3n) is 7.51. The number of carbonyl (C=O) groups is 2. The lowest BCUT2D eigenvalue weighted by Crippen LogP contribution is -2.74. The van der Waals surface area contributed by atoms with Crippen molar-refractivity contribution in [2.45, 2.75) is 70.7 Å². The number of carbonyl (C=O) groups excluding carboxylic acids is 2. The molecule has 2 aliphatic heterocycles. The number of aliphatic hydroxyl groups is 1. The van der Waals surface area contributed by atoms with Gasteiger partial charge in [0.05, 0.1) is 6.10 Å². The van der Waals surface area contributed by atoms with Gasteiger partial charge in [-0.1, -0.05) is 57.5 Å². The molecule has 2 N–H and O–H groups in total. The summed E-state index contributed by atoms with van der Waals surface area (Å²) in [5.41, 5.74) is 0.349. The van der Waals surface area contributed by atoms with Gasteiger partial charge in [0.1, 0.15) is 23.1 Å². The van der Waals surface area contributed by atoms with Gasteiger partial charge in [-0.05, 0) is 55.0 Å². The van der Waals surface area contributed by atoms with E-state index in [9.17, 15) is 14.7 Å². The molecule has 0 aliphatic carbocycles. The zero-order valence-corrected chi connectivity index (χ0v) is 21.7. The van der Waals surface area contributed by atoms with Gasteiger partial charge in [-0.3, -0.25) is 14.5 Å². The number of hydrogen-bond donors (Lipinski definition) is 2. The number of hydrogen-bond acceptors (Lipinski definition) is 5. The van der Waals surface area contributed by atoms with Crippen molar-refractivity contribution in [1.82, 2.24) is 15.1 Å². The number of ether oxygens (including phenoxy) is 1. The van der Waals surface area contributed by atoms with E-state index in [1.807, 2.05) is 56.3 Å². The molecule has 2 aliphatic rings. The van der Waals surface area contributed by atoms with Crippen molar-refractivity contribution >= 4 is 11.8 Å². The molecule has 2 atom stereocenters. The number of nitrogens with one attached hydrogen (secondary N) is 1. The molecule has 7 nitrogen and oxygen atoms in total. The molecule has 0 bridgehead atoms. The minimum atomic E-state index is -0.892. The Morgan fingerprint density at radius 3 is 2.28 bits per heavy atom. The van der Waals surface area contributed by atoms with Crippen LogP contribution in [0.3, 0.4) is 0 Å². The Hall–Kier alpha value is -2.90. The Bertz CT molecular complexity index is 1020. The molecule has 1 spiro atoms. The quantitative estimate of drug-likeness (QED) is 0.553. The van der Waals surface area contributed by atoms with Crippen molar-refractivity contribution in [2.75, 3.05) is 19.6 Å². The van der Waals surface area contributed by atoms with E-state index in [0.717, 1.165) is 44.0 Å². The monoisotopic (exact) mass is 493 g/mol. The van der Waals surface area contributed by atoms with Crippen LogP contribution in [-0.2, 0) is 16.1 Å². The standard InChI is InChI=1S/C29H39N3O4/c1-4-5-17-32-27(34)25(26(33)21(2)3)30-28(35)29(32)15-18-31(19-16-29)20-22-11-13-24(14-12-22)36-23-9-7-6-8-10-23/h6-14,21,25-26,33H,4-5,15-20H2,1-3H3,(H,30,35)/t25-,26+/m1/s1. The Morgan fingerprint density at radius 2 is 1.67 bits per heavy atom. The largest absolute Gasteiger partial charge is 0.457 e. The van der Waals surface area contributed by atoms with Crippen LogP contribution in [0.4, 0.5) is 0 Å². The maximum absolute atomic E-state index is 13.5. The van der Waals surface area contributed by atoms with E-state index in [2.05, 4.69) is 29.3 Å². The molecule has 2 fully saturated rings. The number of amides is 2. The maximum Gasteiger partial charge on any atom is 0.248 e. The second kappa shape index (κ2) is 11.4. The molecule has 0 saturated carbocycles. The van der Waals surface area contributed by atoms with Gasteiger partial charge in [0.15, 0.2) is 0 Å². The lowest BCUT2D eigenvalue weighted by molar-refractivity contribution is -0.165. The van der Waals surface area contributed by atoms with Gasteiger partial charge >= 0.3 is 0 Å². The Labute approximate surface area is 214 Å². The number of nitrogens with zero attached hydrogens (tertiary/aromatic N) is 2. The molecule has 2 aromatic carbocycles. The molecule has 0 unspecified atom stereocenters. The molecular formula is C29H39N3O4. The minimum Gasteiger partial charge on any atom is -0.457 e. The normalized spacial score (nSPS) is 21.0. The zero-order chi connectivity index (χ0) is 25.7. The van der Waals surface area contributed by atoms with Gasteiger partial charge in [0, 0.05) is 26.2 Å². The Morgan fingerprint density at radius 1 is 1.03 bits per heavy atom. The first kappa shape index (κ1) is 26.2. The van der Waals surface area contributed by atoms with Crippen molar-refractivity contribution in [2.24, 2.45) is 5.92 Å². The van der Waals surface area contributed by atoms with Crippen molar-refractivity contribution in [1.29, 1.82) is 0 Å². The Kier molecular flexibility index (Phi) is 8.32. The van der Waals surface area contributed by atoms with Crippen LogP contribution in [0.25, 0.3) is 0 Å². The number of rotatable bonds is 9. The highest BCUT2D eigenvalue weighted by Crippen LogP contribution is 2.35. The van der Waals surface area contributed by atoms with Crippen LogP contribution in [0.1, 0.15) is 52.0 Å². The highest BCUT2D eigenvalue weighted by Gasteiger charge is 2.54. The predicted octanol–water partition coefficient (Wildman–Crippen LogP) is 3.96. The number of aliphatic hydroxyl groups excluding tert-OH is 1. The van der Waals surface area contributed by atoms with Gasteiger partial charge < -0.3 is 20.1 Å². The summed E-state index contributed by atoms with van der Waals surface area (Å²) in [7, 11) is 0. The number of para-hydroxylation sites is 1. The summed E-state index contributed by atoms with van der Waals surface area (Å²) in [5.74, 6) is 1.22. The smallest absolute Gasteiger partial charge is 0.248 e. The van der Waals surface area contributed by atoms with Crippen LogP contribution in [0.15, 0.2) is 54.6 Å². The fourth-order valence-electron chi connectivity index (χ4n) is 5.22. The van der Waals surface area contributed by atoms with Gasteiger partial charge in [0.25, 0.3) is 0 Å². The average molecular weight is 494 g/mol. The van der Waals surface area contributed by atoms with Crippen molar-refractivity contribution in [3.63, 3.8) is 0 Å². The maximum atomic E-state index is 13.5. The molecule has 36 heavy (non-hydrogen) atoms. The van der Waals surface area contributed by atoms with Crippen molar-refractivity contribution in [3.8, 4) is 11.5 Å². The molecule has 7 heteroatoms. The van der Waals surface area contributed by atoms with E-state index in [1.54, 1.807) is 4.90 Å². The molecule has 0 aromatic heterocycles. The summed E-state index contributed by atoms with van der Waals surface area (Å²) in [5, 5.41) is 13.5. The highest BCUT2D eigenvalue weighted by molar-refractivity contribution is 6.00. The summed E-state index contributed by atoms with van der Waals surface area (Å²) in [6, 6.07) is 17.0. The molecule has 2 saturated heterocycles. The number of piperazine rings is 1. The SMILES string of the molecule is CCCCN1C(=O)[C@@H]([C@@H](O)C(C)C)NC(=O)C12CCN(Cc1ccc(Oc3ccccc3)cc1)CC2. The van der Waals surface area contributed by atoms with Crippen LogP contribution >= 0.6 is 0 Å². The van der Waals surface area contributed by atoms with Crippen LogP contribution in [-0.4, -0.2) is 64.0 Å². The van der Waals surface area contributed by atoms with E-state index in [0.29, 0.717) is 19.4 Å².